The topological polar surface area (TPSA) is 44.1 Å². The smallest absolute Gasteiger partial charge is 0.180 e. The van der Waals surface area contributed by atoms with Crippen molar-refractivity contribution in [2.45, 2.75) is 58.6 Å². The van der Waals surface area contributed by atoms with E-state index < -0.39 is 0 Å². The number of hydrogen-bond acceptors (Lipinski definition) is 3. The van der Waals surface area contributed by atoms with Crippen molar-refractivity contribution in [3.63, 3.8) is 0 Å². The minimum Gasteiger partial charge on any atom is -0.378 e. The van der Waals surface area contributed by atoms with E-state index in [9.17, 15) is 4.79 Å². The number of nitrogens with zero attached hydrogens (tertiary/aromatic N) is 2. The van der Waals surface area contributed by atoms with E-state index >= 15 is 0 Å². The molecule has 2 rings (SSSR count). The van der Waals surface area contributed by atoms with Crippen LogP contribution < -0.4 is 0 Å². The molecular weight excluding hydrogens is 228 g/mol. The molecule has 1 saturated heterocycles. The molecule has 4 nitrogen and oxygen atoms in total. The average molecular weight is 250 g/mol. The zero-order chi connectivity index (χ0) is 13.0. The molecule has 0 aliphatic carbocycles. The van der Waals surface area contributed by atoms with E-state index in [1.54, 1.807) is 0 Å². The summed E-state index contributed by atoms with van der Waals surface area (Å²) < 4.78 is 7.36. The maximum atomic E-state index is 12.2. The molecule has 1 aliphatic heterocycles. The van der Waals surface area contributed by atoms with Gasteiger partial charge >= 0.3 is 0 Å². The molecule has 1 aromatic rings. The van der Waals surface area contributed by atoms with Crippen LogP contribution in [0, 0.1) is 0 Å². The normalized spacial score (nSPS) is 19.3. The lowest BCUT2D eigenvalue weighted by molar-refractivity contribution is 0.0852. The average Bonchev–Trinajstić information content (AvgIpc) is 3.04. The zero-order valence-corrected chi connectivity index (χ0v) is 11.3. The Balaban J connectivity index is 1.96. The number of rotatable bonds is 6. The number of carbonyl (C=O) groups is 1. The van der Waals surface area contributed by atoms with E-state index in [4.69, 9.17) is 4.74 Å². The first-order valence-electron chi connectivity index (χ1n) is 6.96. The molecule has 0 amide bonds. The fourth-order valence-corrected chi connectivity index (χ4v) is 2.40. The van der Waals surface area contributed by atoms with Crippen LogP contribution in [-0.4, -0.2) is 28.3 Å². The van der Waals surface area contributed by atoms with Gasteiger partial charge in [0.1, 0.15) is 5.69 Å². The Hall–Kier alpha value is -1.16. The first kappa shape index (κ1) is 13.3. The van der Waals surface area contributed by atoms with E-state index in [2.05, 4.69) is 12.0 Å². The second-order valence-corrected chi connectivity index (χ2v) is 4.79. The van der Waals surface area contributed by atoms with E-state index in [0.29, 0.717) is 6.42 Å². The minimum absolute atomic E-state index is 0.194. The van der Waals surface area contributed by atoms with Crippen LogP contribution in [0.25, 0.3) is 0 Å². The summed E-state index contributed by atoms with van der Waals surface area (Å²) in [7, 11) is 0. The number of hydrogen-bond donors (Lipinski definition) is 0. The first-order valence-corrected chi connectivity index (χ1v) is 6.96. The molecule has 1 atom stereocenters. The summed E-state index contributed by atoms with van der Waals surface area (Å²) in [5.74, 6) is 0.194. The van der Waals surface area contributed by atoms with Gasteiger partial charge in [0.25, 0.3) is 0 Å². The molecule has 1 fully saturated rings. The van der Waals surface area contributed by atoms with Gasteiger partial charge in [-0.05, 0) is 38.7 Å². The minimum atomic E-state index is 0.194. The Kier molecular flexibility index (Phi) is 4.53. The first-order chi connectivity index (χ1) is 8.74. The zero-order valence-electron chi connectivity index (χ0n) is 11.3. The highest BCUT2D eigenvalue weighted by molar-refractivity contribution is 5.94. The molecule has 0 radical (unpaired) electrons. The van der Waals surface area contributed by atoms with Gasteiger partial charge in [0.2, 0.25) is 0 Å². The van der Waals surface area contributed by atoms with Gasteiger partial charge in [-0.3, -0.25) is 9.48 Å². The largest absolute Gasteiger partial charge is 0.378 e. The summed E-state index contributed by atoms with van der Waals surface area (Å²) in [4.78, 5) is 12.2. The fourth-order valence-electron chi connectivity index (χ4n) is 2.40. The molecule has 1 aromatic heterocycles. The van der Waals surface area contributed by atoms with Gasteiger partial charge in [-0.15, -0.1) is 0 Å². The van der Waals surface area contributed by atoms with E-state index in [1.807, 2.05) is 17.7 Å². The summed E-state index contributed by atoms with van der Waals surface area (Å²) in [5, 5.41) is 4.41. The lowest BCUT2D eigenvalue weighted by Gasteiger charge is -2.08. The van der Waals surface area contributed by atoms with E-state index in [-0.39, 0.29) is 11.9 Å². The summed E-state index contributed by atoms with van der Waals surface area (Å²) in [5.41, 5.74) is 1.75. The molecule has 1 aliphatic rings. The third-order valence-corrected chi connectivity index (χ3v) is 3.50. The highest BCUT2D eigenvalue weighted by Gasteiger charge is 2.19. The molecule has 0 spiro atoms. The number of Topliss-reactive ketones (excluding diaryl/α,β-unsaturated/α-hetero) is 1. The van der Waals surface area contributed by atoms with Crippen molar-refractivity contribution in [3.05, 3.63) is 17.5 Å². The Morgan fingerprint density at radius 3 is 3.00 bits per heavy atom. The predicted octanol–water partition coefficient (Wildman–Crippen LogP) is 2.61. The Labute approximate surface area is 108 Å². The SMILES string of the molecule is CCc1cc(C(=O)CCC2CCCO2)n(CC)n1. The Morgan fingerprint density at radius 2 is 2.39 bits per heavy atom. The molecule has 4 heteroatoms. The number of aromatic nitrogens is 2. The quantitative estimate of drug-likeness (QED) is 0.729. The van der Waals surface area contributed by atoms with Gasteiger partial charge < -0.3 is 4.74 Å². The third kappa shape index (κ3) is 2.99. The number of carbonyl (C=O) groups excluding carboxylic acids is 1. The molecule has 0 N–H and O–H groups in total. The van der Waals surface area contributed by atoms with Crippen LogP contribution in [0.5, 0.6) is 0 Å². The van der Waals surface area contributed by atoms with Gasteiger partial charge in [0.15, 0.2) is 5.78 Å². The van der Waals surface area contributed by atoms with Crippen LogP contribution in [0.4, 0.5) is 0 Å². The molecule has 100 valence electrons. The number of ketones is 1. The van der Waals surface area contributed by atoms with Crippen LogP contribution >= 0.6 is 0 Å². The van der Waals surface area contributed by atoms with Crippen LogP contribution in [0.15, 0.2) is 6.07 Å². The molecule has 0 aromatic carbocycles. The van der Waals surface area contributed by atoms with Gasteiger partial charge in [-0.2, -0.15) is 5.10 Å². The van der Waals surface area contributed by atoms with Crippen LogP contribution in [0.2, 0.25) is 0 Å². The van der Waals surface area contributed by atoms with Crippen molar-refractivity contribution in [1.29, 1.82) is 0 Å². The lowest BCUT2D eigenvalue weighted by atomic mass is 10.1. The van der Waals surface area contributed by atoms with E-state index in [0.717, 1.165) is 50.2 Å². The molecule has 0 bridgehead atoms. The summed E-state index contributed by atoms with van der Waals surface area (Å²) >= 11 is 0. The summed E-state index contributed by atoms with van der Waals surface area (Å²) in [6.07, 6.45) is 4.80. The Bertz CT molecular complexity index is 406. The second kappa shape index (κ2) is 6.14. The highest BCUT2D eigenvalue weighted by atomic mass is 16.5. The maximum Gasteiger partial charge on any atom is 0.180 e. The standard InChI is InChI=1S/C14H22N2O2/c1-3-11-10-13(16(4-2)15-11)14(17)8-7-12-6-5-9-18-12/h10,12H,3-9H2,1-2H3. The molecule has 1 unspecified atom stereocenters. The van der Waals surface area contributed by atoms with Crippen molar-refractivity contribution in [2.75, 3.05) is 6.61 Å². The number of ether oxygens (including phenoxy) is 1. The maximum absolute atomic E-state index is 12.2. The van der Waals surface area contributed by atoms with Crippen LogP contribution in [-0.2, 0) is 17.7 Å². The van der Waals surface area contributed by atoms with Crippen molar-refractivity contribution < 1.29 is 9.53 Å². The van der Waals surface area contributed by atoms with Gasteiger partial charge in [0, 0.05) is 19.6 Å². The van der Waals surface area contributed by atoms with Crippen LogP contribution in [0.3, 0.4) is 0 Å². The monoisotopic (exact) mass is 250 g/mol. The van der Waals surface area contributed by atoms with Gasteiger partial charge in [-0.1, -0.05) is 6.92 Å². The van der Waals surface area contributed by atoms with Gasteiger partial charge in [-0.25, -0.2) is 0 Å². The third-order valence-electron chi connectivity index (χ3n) is 3.50. The summed E-state index contributed by atoms with van der Waals surface area (Å²) in [6.45, 7) is 5.68. The Morgan fingerprint density at radius 1 is 1.56 bits per heavy atom. The van der Waals surface area contributed by atoms with Crippen molar-refractivity contribution in [1.82, 2.24) is 9.78 Å². The fraction of sp³-hybridized carbons (Fsp3) is 0.714. The van der Waals surface area contributed by atoms with Crippen molar-refractivity contribution in [2.24, 2.45) is 0 Å². The van der Waals surface area contributed by atoms with Crippen LogP contribution in [0.1, 0.15) is 55.7 Å². The summed E-state index contributed by atoms with van der Waals surface area (Å²) in [6, 6.07) is 1.93. The predicted molar refractivity (Wildman–Crippen MR) is 69.8 cm³/mol. The lowest BCUT2D eigenvalue weighted by Crippen LogP contribution is -2.13. The second-order valence-electron chi connectivity index (χ2n) is 4.79. The van der Waals surface area contributed by atoms with Crippen molar-refractivity contribution >= 4 is 5.78 Å². The molecule has 18 heavy (non-hydrogen) atoms. The highest BCUT2D eigenvalue weighted by Crippen LogP contribution is 2.18. The molecule has 0 saturated carbocycles. The van der Waals surface area contributed by atoms with Gasteiger partial charge in [0.05, 0.1) is 11.8 Å². The molecule has 2 heterocycles. The van der Waals surface area contributed by atoms with Crippen molar-refractivity contribution in [3.8, 4) is 0 Å². The number of aryl methyl sites for hydroxylation is 2. The van der Waals surface area contributed by atoms with E-state index in [1.165, 1.54) is 0 Å². The molecular formula is C14H22N2O2.